The van der Waals surface area contributed by atoms with Gasteiger partial charge in [-0.25, -0.2) is 0 Å². The number of nitrogens with two attached hydrogens (primary N) is 1. The van der Waals surface area contributed by atoms with Crippen LogP contribution in [0.5, 0.6) is 0 Å². The summed E-state index contributed by atoms with van der Waals surface area (Å²) in [6.45, 7) is 3.67. The fourth-order valence-electron chi connectivity index (χ4n) is 5.38. The average Bonchev–Trinajstić information content (AvgIpc) is 2.49. The molecule has 0 spiro atoms. The normalized spacial score (nSPS) is 43.2. The van der Waals surface area contributed by atoms with Gasteiger partial charge in [0.25, 0.3) is 0 Å². The Bertz CT molecular complexity index is 302. The van der Waals surface area contributed by atoms with Crippen molar-refractivity contribution >= 4 is 0 Å². The third-order valence-electron chi connectivity index (χ3n) is 6.39. The van der Waals surface area contributed by atoms with Crippen molar-refractivity contribution < 1.29 is 0 Å². The van der Waals surface area contributed by atoms with E-state index >= 15 is 0 Å². The van der Waals surface area contributed by atoms with Gasteiger partial charge in [-0.2, -0.15) is 0 Å². The van der Waals surface area contributed by atoms with Crippen molar-refractivity contribution in [1.82, 2.24) is 4.90 Å². The molecule has 0 amide bonds. The first-order chi connectivity index (χ1) is 9.79. The summed E-state index contributed by atoms with van der Waals surface area (Å²) < 4.78 is 0. The summed E-state index contributed by atoms with van der Waals surface area (Å²) in [7, 11) is 0. The summed E-state index contributed by atoms with van der Waals surface area (Å²) >= 11 is 0. The van der Waals surface area contributed by atoms with E-state index < -0.39 is 0 Å². The van der Waals surface area contributed by atoms with Crippen LogP contribution in [0.1, 0.15) is 77.6 Å². The summed E-state index contributed by atoms with van der Waals surface area (Å²) in [5.74, 6) is 1.95. The zero-order valence-corrected chi connectivity index (χ0v) is 13.4. The minimum absolute atomic E-state index is 0.448. The van der Waals surface area contributed by atoms with E-state index in [9.17, 15) is 0 Å². The lowest BCUT2D eigenvalue weighted by Crippen LogP contribution is -2.58. The lowest BCUT2D eigenvalue weighted by molar-refractivity contribution is -0.00351. The highest BCUT2D eigenvalue weighted by molar-refractivity contribution is 4.96. The number of hydrogen-bond donors (Lipinski definition) is 1. The smallest absolute Gasteiger partial charge is 0.0252 e. The molecule has 2 heteroatoms. The molecule has 0 aromatic carbocycles. The van der Waals surface area contributed by atoms with Crippen molar-refractivity contribution in [3.05, 3.63) is 0 Å². The maximum absolute atomic E-state index is 6.55. The monoisotopic (exact) mass is 278 g/mol. The molecule has 0 aromatic rings. The maximum Gasteiger partial charge on any atom is 0.0252 e. The first-order valence-electron chi connectivity index (χ1n) is 9.31. The average molecular weight is 278 g/mol. The van der Waals surface area contributed by atoms with Gasteiger partial charge < -0.3 is 5.73 Å². The van der Waals surface area contributed by atoms with Crippen LogP contribution in [-0.4, -0.2) is 29.6 Å². The van der Waals surface area contributed by atoms with Crippen molar-refractivity contribution in [2.75, 3.05) is 6.54 Å². The Balaban J connectivity index is 1.68. The zero-order chi connectivity index (χ0) is 13.9. The number of piperidine rings is 1. The molecule has 3 rings (SSSR count). The molecular formula is C18H34N2. The Hall–Kier alpha value is -0.0800. The molecule has 3 aliphatic rings. The van der Waals surface area contributed by atoms with Gasteiger partial charge in [-0.1, -0.05) is 32.6 Å². The molecule has 116 valence electrons. The quantitative estimate of drug-likeness (QED) is 0.847. The first kappa shape index (κ1) is 14.8. The minimum atomic E-state index is 0.448. The molecule has 1 heterocycles. The van der Waals surface area contributed by atoms with E-state index in [0.717, 1.165) is 17.9 Å². The molecule has 3 fully saturated rings. The van der Waals surface area contributed by atoms with Crippen LogP contribution in [0.4, 0.5) is 0 Å². The molecule has 0 radical (unpaired) electrons. The van der Waals surface area contributed by atoms with Crippen LogP contribution in [-0.2, 0) is 0 Å². The lowest BCUT2D eigenvalue weighted by Gasteiger charge is -2.51. The number of hydrogen-bond acceptors (Lipinski definition) is 2. The van der Waals surface area contributed by atoms with Crippen LogP contribution < -0.4 is 5.73 Å². The molecule has 0 aromatic heterocycles. The van der Waals surface area contributed by atoms with Crippen molar-refractivity contribution in [2.24, 2.45) is 17.6 Å². The zero-order valence-electron chi connectivity index (χ0n) is 13.4. The summed E-state index contributed by atoms with van der Waals surface area (Å²) in [6.07, 6.45) is 15.6. The van der Waals surface area contributed by atoms with E-state index in [1.165, 1.54) is 77.2 Å². The Labute approximate surface area is 125 Å². The Kier molecular flexibility index (Phi) is 5.04. The van der Waals surface area contributed by atoms with Crippen LogP contribution in [0.25, 0.3) is 0 Å². The van der Waals surface area contributed by atoms with Crippen molar-refractivity contribution in [2.45, 2.75) is 95.7 Å². The van der Waals surface area contributed by atoms with E-state index in [1.807, 2.05) is 0 Å². The summed E-state index contributed by atoms with van der Waals surface area (Å²) in [6, 6.07) is 2.03. The van der Waals surface area contributed by atoms with Gasteiger partial charge in [-0.3, -0.25) is 4.90 Å². The van der Waals surface area contributed by atoms with E-state index in [0.29, 0.717) is 12.1 Å². The molecule has 1 aliphatic heterocycles. The number of nitrogens with zero attached hydrogens (tertiary/aromatic N) is 1. The van der Waals surface area contributed by atoms with Gasteiger partial charge in [-0.05, 0) is 63.3 Å². The first-order valence-corrected chi connectivity index (χ1v) is 9.31. The number of rotatable bonds is 3. The van der Waals surface area contributed by atoms with Gasteiger partial charge in [0.2, 0.25) is 0 Å². The number of likely N-dealkylation sites (tertiary alicyclic amines) is 1. The molecular weight excluding hydrogens is 244 g/mol. The molecule has 5 atom stereocenters. The molecule has 2 nitrogen and oxygen atoms in total. The highest BCUT2D eigenvalue weighted by Gasteiger charge is 2.40. The largest absolute Gasteiger partial charge is 0.326 e. The molecule has 3 unspecified atom stereocenters. The minimum Gasteiger partial charge on any atom is -0.326 e. The highest BCUT2D eigenvalue weighted by atomic mass is 15.2. The van der Waals surface area contributed by atoms with Gasteiger partial charge in [0.1, 0.15) is 0 Å². The van der Waals surface area contributed by atoms with Gasteiger partial charge in [0, 0.05) is 18.1 Å². The van der Waals surface area contributed by atoms with Crippen LogP contribution in [0.3, 0.4) is 0 Å². The van der Waals surface area contributed by atoms with Crippen LogP contribution in [0, 0.1) is 11.8 Å². The summed E-state index contributed by atoms with van der Waals surface area (Å²) in [5.41, 5.74) is 6.55. The van der Waals surface area contributed by atoms with Gasteiger partial charge >= 0.3 is 0 Å². The van der Waals surface area contributed by atoms with Crippen LogP contribution >= 0.6 is 0 Å². The molecule has 2 saturated carbocycles. The standard InChI is InChI=1S/C18H34N2/c1-2-6-14-10-11-16(19)18(13-14)20-12-5-8-15-7-3-4-9-17(15)20/h14-18H,2-13,19H2,1H3/t14?,15-,16?,17-,18?/m1/s1. The molecule has 2 N–H and O–H groups in total. The molecule has 0 bridgehead atoms. The van der Waals surface area contributed by atoms with E-state index in [4.69, 9.17) is 5.73 Å². The van der Waals surface area contributed by atoms with Crippen LogP contribution in [0.15, 0.2) is 0 Å². The SMILES string of the molecule is CCCC1CCC(N)C(N2CCC[C@H]3CCCC[C@H]32)C1. The number of fused-ring (bicyclic) bond motifs is 1. The molecule has 2 aliphatic carbocycles. The van der Waals surface area contributed by atoms with Gasteiger partial charge in [0.05, 0.1) is 0 Å². The Morgan fingerprint density at radius 3 is 2.60 bits per heavy atom. The van der Waals surface area contributed by atoms with Crippen molar-refractivity contribution in [3.8, 4) is 0 Å². The highest BCUT2D eigenvalue weighted by Crippen LogP contribution is 2.39. The van der Waals surface area contributed by atoms with E-state index in [1.54, 1.807) is 0 Å². The Morgan fingerprint density at radius 1 is 0.950 bits per heavy atom. The van der Waals surface area contributed by atoms with Gasteiger partial charge in [-0.15, -0.1) is 0 Å². The molecule has 20 heavy (non-hydrogen) atoms. The third kappa shape index (κ3) is 3.06. The van der Waals surface area contributed by atoms with Gasteiger partial charge in [0.15, 0.2) is 0 Å². The fraction of sp³-hybridized carbons (Fsp3) is 1.00. The predicted molar refractivity (Wildman–Crippen MR) is 85.7 cm³/mol. The predicted octanol–water partition coefficient (Wildman–Crippen LogP) is 3.94. The second kappa shape index (κ2) is 6.79. The van der Waals surface area contributed by atoms with E-state index in [2.05, 4.69) is 11.8 Å². The van der Waals surface area contributed by atoms with E-state index in [-0.39, 0.29) is 0 Å². The second-order valence-electron chi connectivity index (χ2n) is 7.69. The topological polar surface area (TPSA) is 29.3 Å². The van der Waals surface area contributed by atoms with Crippen LogP contribution in [0.2, 0.25) is 0 Å². The second-order valence-corrected chi connectivity index (χ2v) is 7.69. The third-order valence-corrected chi connectivity index (χ3v) is 6.39. The maximum atomic E-state index is 6.55. The fourth-order valence-corrected chi connectivity index (χ4v) is 5.38. The van der Waals surface area contributed by atoms with Crippen molar-refractivity contribution in [1.29, 1.82) is 0 Å². The summed E-state index contributed by atoms with van der Waals surface area (Å²) in [4.78, 5) is 2.89. The summed E-state index contributed by atoms with van der Waals surface area (Å²) in [5, 5.41) is 0. The lowest BCUT2D eigenvalue weighted by atomic mass is 9.74. The van der Waals surface area contributed by atoms with Crippen molar-refractivity contribution in [3.63, 3.8) is 0 Å². The molecule has 1 saturated heterocycles. The Morgan fingerprint density at radius 2 is 1.75 bits per heavy atom.